The molecule has 0 unspecified atom stereocenters. The van der Waals surface area contributed by atoms with E-state index in [0.29, 0.717) is 5.82 Å². The molecule has 0 aliphatic rings. The van der Waals surface area contributed by atoms with Crippen LogP contribution in [-0.4, -0.2) is 34.6 Å². The van der Waals surface area contributed by atoms with Gasteiger partial charge in [-0.3, -0.25) is 9.36 Å². The molecule has 0 bridgehead atoms. The van der Waals surface area contributed by atoms with E-state index in [2.05, 4.69) is 15.3 Å². The van der Waals surface area contributed by atoms with Crippen LogP contribution in [0.1, 0.15) is 15.9 Å². The third-order valence-corrected chi connectivity index (χ3v) is 5.11. The molecule has 0 fully saturated rings. The Bertz CT molecular complexity index is 1040. The zero-order chi connectivity index (χ0) is 19.4. The average Bonchev–Trinajstić information content (AvgIpc) is 3.21. The molecular formula is C17H14F2N4O3S. The van der Waals surface area contributed by atoms with Crippen LogP contribution < -0.4 is 5.32 Å². The summed E-state index contributed by atoms with van der Waals surface area (Å²) in [5.41, 5.74) is 0.950. The Kier molecular flexibility index (Phi) is 5.26. The van der Waals surface area contributed by atoms with E-state index in [1.54, 1.807) is 41.6 Å². The van der Waals surface area contributed by atoms with E-state index in [0.717, 1.165) is 17.7 Å². The summed E-state index contributed by atoms with van der Waals surface area (Å²) in [4.78, 5) is 19.8. The Morgan fingerprint density at radius 1 is 1.15 bits per heavy atom. The van der Waals surface area contributed by atoms with Crippen molar-refractivity contribution in [3.8, 4) is 5.82 Å². The predicted octanol–water partition coefficient (Wildman–Crippen LogP) is 2.19. The third kappa shape index (κ3) is 4.17. The number of imidazole rings is 1. The van der Waals surface area contributed by atoms with Crippen LogP contribution in [0.15, 0.2) is 66.2 Å². The Morgan fingerprint density at radius 3 is 2.52 bits per heavy atom. The van der Waals surface area contributed by atoms with Crippen LogP contribution >= 0.6 is 0 Å². The maximum atomic E-state index is 12.5. The number of carbonyl (C=O) groups excluding carboxylic acids is 1. The van der Waals surface area contributed by atoms with Gasteiger partial charge in [0.1, 0.15) is 12.1 Å². The van der Waals surface area contributed by atoms with Crippen molar-refractivity contribution in [2.45, 2.75) is 17.2 Å². The lowest BCUT2D eigenvalue weighted by atomic mass is 10.2. The number of aromatic nitrogens is 3. The molecule has 1 aromatic carbocycles. The first-order chi connectivity index (χ1) is 12.9. The van der Waals surface area contributed by atoms with Gasteiger partial charge in [0.25, 0.3) is 5.91 Å². The number of nitrogens with zero attached hydrogens (tertiary/aromatic N) is 3. The Hall–Kier alpha value is -3.14. The van der Waals surface area contributed by atoms with Gasteiger partial charge in [0, 0.05) is 30.7 Å². The number of sulfone groups is 1. The number of halogens is 2. The summed E-state index contributed by atoms with van der Waals surface area (Å²) in [5.74, 6) is -3.33. The minimum atomic E-state index is -4.68. The van der Waals surface area contributed by atoms with Crippen molar-refractivity contribution < 1.29 is 22.0 Å². The van der Waals surface area contributed by atoms with Gasteiger partial charge in [-0.15, -0.1) is 0 Å². The van der Waals surface area contributed by atoms with E-state index in [4.69, 9.17) is 0 Å². The molecule has 7 nitrogen and oxygen atoms in total. The van der Waals surface area contributed by atoms with Crippen LogP contribution in [0.2, 0.25) is 0 Å². The minimum absolute atomic E-state index is 0.159. The summed E-state index contributed by atoms with van der Waals surface area (Å²) >= 11 is 0. The van der Waals surface area contributed by atoms with E-state index in [1.165, 1.54) is 12.1 Å². The van der Waals surface area contributed by atoms with Gasteiger partial charge in [-0.1, -0.05) is 0 Å². The molecule has 0 aliphatic heterocycles. The molecule has 0 radical (unpaired) electrons. The molecule has 10 heteroatoms. The summed E-state index contributed by atoms with van der Waals surface area (Å²) in [6, 6.07) is 7.86. The second-order valence-electron chi connectivity index (χ2n) is 5.50. The zero-order valence-corrected chi connectivity index (χ0v) is 14.6. The van der Waals surface area contributed by atoms with E-state index >= 15 is 0 Å². The van der Waals surface area contributed by atoms with Crippen LogP contribution in [-0.2, 0) is 16.4 Å². The lowest BCUT2D eigenvalue weighted by Crippen LogP contribution is -2.23. The molecule has 3 aromatic rings. The lowest BCUT2D eigenvalue weighted by molar-refractivity contribution is 0.0951. The van der Waals surface area contributed by atoms with Gasteiger partial charge in [0.2, 0.25) is 9.84 Å². The minimum Gasteiger partial charge on any atom is -0.348 e. The quantitative estimate of drug-likeness (QED) is 0.694. The van der Waals surface area contributed by atoms with Crippen LogP contribution in [0.3, 0.4) is 0 Å². The molecule has 0 saturated carbocycles. The summed E-state index contributed by atoms with van der Waals surface area (Å²) < 4.78 is 49.5. The number of amides is 1. The first-order valence-electron chi connectivity index (χ1n) is 7.71. The highest BCUT2D eigenvalue weighted by Crippen LogP contribution is 2.18. The molecule has 2 aromatic heterocycles. The third-order valence-electron chi connectivity index (χ3n) is 3.71. The topological polar surface area (TPSA) is 93.9 Å². The standard InChI is InChI=1S/C17H14F2N4O3S/c18-17(19)27(25,26)14-3-1-13(2-4-14)16(24)22-10-12-5-6-21-15(9-12)23-8-7-20-11-23/h1-9,11,17H,10H2,(H,22,24). The van der Waals surface area contributed by atoms with E-state index in [9.17, 15) is 22.0 Å². The highest BCUT2D eigenvalue weighted by Gasteiger charge is 2.26. The van der Waals surface area contributed by atoms with Crippen molar-refractivity contribution in [1.82, 2.24) is 19.9 Å². The number of hydrogen-bond acceptors (Lipinski definition) is 5. The fraction of sp³-hybridized carbons (Fsp3) is 0.118. The molecule has 0 saturated heterocycles. The number of benzene rings is 1. The molecule has 27 heavy (non-hydrogen) atoms. The Labute approximate surface area is 153 Å². The van der Waals surface area contributed by atoms with Crippen molar-refractivity contribution in [2.24, 2.45) is 0 Å². The number of alkyl halides is 2. The maximum Gasteiger partial charge on any atom is 0.341 e. The molecule has 3 rings (SSSR count). The van der Waals surface area contributed by atoms with E-state index < -0.39 is 26.4 Å². The molecular weight excluding hydrogens is 378 g/mol. The molecule has 140 valence electrons. The highest BCUT2D eigenvalue weighted by atomic mass is 32.2. The van der Waals surface area contributed by atoms with Gasteiger partial charge in [-0.2, -0.15) is 8.78 Å². The number of hydrogen-bond donors (Lipinski definition) is 1. The predicted molar refractivity (Wildman–Crippen MR) is 92.2 cm³/mol. The number of carbonyl (C=O) groups is 1. The van der Waals surface area contributed by atoms with Gasteiger partial charge < -0.3 is 5.32 Å². The van der Waals surface area contributed by atoms with Crippen molar-refractivity contribution in [3.63, 3.8) is 0 Å². The smallest absolute Gasteiger partial charge is 0.341 e. The van der Waals surface area contributed by atoms with Gasteiger partial charge in [-0.25, -0.2) is 18.4 Å². The molecule has 1 N–H and O–H groups in total. The van der Waals surface area contributed by atoms with Gasteiger partial charge in [0.15, 0.2) is 0 Å². The zero-order valence-electron chi connectivity index (χ0n) is 13.8. The van der Waals surface area contributed by atoms with Crippen LogP contribution in [0.5, 0.6) is 0 Å². The van der Waals surface area contributed by atoms with Gasteiger partial charge in [-0.05, 0) is 42.0 Å². The summed E-state index contributed by atoms with van der Waals surface area (Å²) in [5, 5.41) is 2.68. The van der Waals surface area contributed by atoms with Crippen molar-refractivity contribution >= 4 is 15.7 Å². The molecule has 2 heterocycles. The van der Waals surface area contributed by atoms with Gasteiger partial charge >= 0.3 is 5.76 Å². The molecule has 0 spiro atoms. The lowest BCUT2D eigenvalue weighted by Gasteiger charge is -2.08. The van der Waals surface area contributed by atoms with Crippen LogP contribution in [0, 0.1) is 0 Å². The fourth-order valence-corrected chi connectivity index (χ4v) is 3.01. The first kappa shape index (κ1) is 18.6. The summed E-state index contributed by atoms with van der Waals surface area (Å²) in [6.45, 7) is 0.208. The summed E-state index contributed by atoms with van der Waals surface area (Å²) in [7, 11) is -4.68. The van der Waals surface area contributed by atoms with Crippen molar-refractivity contribution in [1.29, 1.82) is 0 Å². The Morgan fingerprint density at radius 2 is 1.89 bits per heavy atom. The molecule has 1 amide bonds. The SMILES string of the molecule is O=C(NCc1ccnc(-n2ccnc2)c1)c1ccc(S(=O)(=O)C(F)F)cc1. The van der Waals surface area contributed by atoms with E-state index in [-0.39, 0.29) is 12.1 Å². The van der Waals surface area contributed by atoms with Gasteiger partial charge in [0.05, 0.1) is 4.90 Å². The van der Waals surface area contributed by atoms with E-state index in [1.807, 2.05) is 0 Å². The van der Waals surface area contributed by atoms with Crippen molar-refractivity contribution in [3.05, 3.63) is 72.4 Å². The first-order valence-corrected chi connectivity index (χ1v) is 9.26. The van der Waals surface area contributed by atoms with Crippen LogP contribution in [0.25, 0.3) is 5.82 Å². The Balaban J connectivity index is 1.67. The largest absolute Gasteiger partial charge is 0.348 e. The number of rotatable bonds is 6. The normalized spacial score (nSPS) is 11.5. The number of pyridine rings is 1. The van der Waals surface area contributed by atoms with Crippen LogP contribution in [0.4, 0.5) is 8.78 Å². The molecule has 0 aliphatic carbocycles. The molecule has 0 atom stereocenters. The van der Waals surface area contributed by atoms with Crippen molar-refractivity contribution in [2.75, 3.05) is 0 Å². The average molecular weight is 392 g/mol. The second kappa shape index (κ2) is 7.62. The maximum absolute atomic E-state index is 12.5. The number of nitrogens with one attached hydrogen (secondary N) is 1. The highest BCUT2D eigenvalue weighted by molar-refractivity contribution is 7.91. The second-order valence-corrected chi connectivity index (χ2v) is 7.42. The summed E-state index contributed by atoms with van der Waals surface area (Å²) in [6.07, 6.45) is 6.55. The fourth-order valence-electron chi connectivity index (χ4n) is 2.29. The monoisotopic (exact) mass is 392 g/mol.